The summed E-state index contributed by atoms with van der Waals surface area (Å²) in [5.74, 6) is -2.37. The van der Waals surface area contributed by atoms with Crippen molar-refractivity contribution < 1.29 is 18.3 Å². The maximum Gasteiger partial charge on any atom is 0.357 e. The minimum absolute atomic E-state index is 0.189. The Bertz CT molecular complexity index is 647. The van der Waals surface area contributed by atoms with Gasteiger partial charge in [0.15, 0.2) is 17.3 Å². The highest BCUT2D eigenvalue weighted by Gasteiger charge is 2.13. The lowest BCUT2D eigenvalue weighted by molar-refractivity contribution is 0.0593. The van der Waals surface area contributed by atoms with E-state index < -0.39 is 17.6 Å². The van der Waals surface area contributed by atoms with Crippen LogP contribution in [0.5, 0.6) is 0 Å². The largest absolute Gasteiger partial charge is 0.464 e. The molecule has 2 aromatic rings. The van der Waals surface area contributed by atoms with Crippen LogP contribution in [-0.4, -0.2) is 18.1 Å². The van der Waals surface area contributed by atoms with E-state index in [0.29, 0.717) is 14.7 Å². The Morgan fingerprint density at radius 1 is 1.21 bits per heavy atom. The normalized spacial score (nSPS) is 10.3. The molecule has 0 fully saturated rings. The third-order valence-corrected chi connectivity index (χ3v) is 3.30. The van der Waals surface area contributed by atoms with Crippen LogP contribution in [0.2, 0.25) is 0 Å². The van der Waals surface area contributed by atoms with Crippen LogP contribution in [0.3, 0.4) is 0 Å². The van der Waals surface area contributed by atoms with E-state index in [0.717, 1.165) is 12.1 Å². The zero-order chi connectivity index (χ0) is 14.0. The molecule has 1 aromatic heterocycles. The van der Waals surface area contributed by atoms with Crippen molar-refractivity contribution >= 4 is 28.6 Å². The van der Waals surface area contributed by atoms with Crippen molar-refractivity contribution in [3.8, 4) is 11.1 Å². The Hall–Kier alpha value is -1.57. The smallest absolute Gasteiger partial charge is 0.357 e. The van der Waals surface area contributed by atoms with Gasteiger partial charge in [-0.25, -0.2) is 18.6 Å². The molecule has 1 aromatic carbocycles. The van der Waals surface area contributed by atoms with Crippen LogP contribution in [0.1, 0.15) is 10.5 Å². The van der Waals surface area contributed by atoms with Crippen LogP contribution in [-0.2, 0) is 4.74 Å². The molecule has 0 saturated heterocycles. The van der Waals surface area contributed by atoms with Crippen molar-refractivity contribution in [2.45, 2.75) is 0 Å². The first-order valence-electron chi connectivity index (χ1n) is 5.22. The Morgan fingerprint density at radius 3 is 2.53 bits per heavy atom. The molecule has 0 bridgehead atoms. The molecule has 0 unspecified atom stereocenters. The number of methoxy groups -OCH3 is 1. The Kier molecular flexibility index (Phi) is 4.08. The van der Waals surface area contributed by atoms with Crippen molar-refractivity contribution in [1.82, 2.24) is 4.98 Å². The zero-order valence-corrected chi connectivity index (χ0v) is 11.9. The average molecular weight is 375 g/mol. The minimum Gasteiger partial charge on any atom is -0.464 e. The van der Waals surface area contributed by atoms with Crippen LogP contribution in [0, 0.1) is 15.2 Å². The highest BCUT2D eigenvalue weighted by molar-refractivity contribution is 14.1. The van der Waals surface area contributed by atoms with E-state index in [4.69, 9.17) is 0 Å². The first-order chi connectivity index (χ1) is 9.02. The molecule has 0 atom stereocenters. The topological polar surface area (TPSA) is 39.2 Å². The molecular weight excluding hydrogens is 367 g/mol. The number of aromatic nitrogens is 1. The molecular formula is C13H8F2INO2. The number of pyridine rings is 1. The summed E-state index contributed by atoms with van der Waals surface area (Å²) in [5, 5.41) is 0. The Morgan fingerprint density at radius 2 is 1.95 bits per heavy atom. The fraction of sp³-hybridized carbons (Fsp3) is 0.0769. The molecule has 19 heavy (non-hydrogen) atoms. The molecule has 0 spiro atoms. The van der Waals surface area contributed by atoms with E-state index in [-0.39, 0.29) is 5.69 Å². The number of carbonyl (C=O) groups is 1. The highest BCUT2D eigenvalue weighted by Crippen LogP contribution is 2.24. The molecule has 1 heterocycles. The van der Waals surface area contributed by atoms with Gasteiger partial charge in [-0.05, 0) is 46.4 Å². The first-order valence-corrected chi connectivity index (χ1v) is 6.30. The summed E-state index contributed by atoms with van der Waals surface area (Å²) in [7, 11) is 1.27. The number of halogens is 3. The molecule has 0 aliphatic heterocycles. The van der Waals surface area contributed by atoms with Crippen molar-refractivity contribution in [3.05, 3.63) is 51.4 Å². The van der Waals surface area contributed by atoms with Crippen LogP contribution >= 0.6 is 22.6 Å². The third kappa shape index (κ3) is 2.89. The van der Waals surface area contributed by atoms with Crippen LogP contribution in [0.15, 0.2) is 30.5 Å². The number of hydrogen-bond acceptors (Lipinski definition) is 3. The lowest BCUT2D eigenvalue weighted by Crippen LogP contribution is -2.06. The van der Waals surface area contributed by atoms with Crippen LogP contribution in [0.25, 0.3) is 11.1 Å². The summed E-state index contributed by atoms with van der Waals surface area (Å²) in [6, 6.07) is 5.24. The number of carbonyl (C=O) groups excluding carboxylic acids is 1. The van der Waals surface area contributed by atoms with E-state index >= 15 is 0 Å². The number of nitrogens with zero attached hydrogens (tertiary/aromatic N) is 1. The van der Waals surface area contributed by atoms with E-state index in [1.807, 2.05) is 22.6 Å². The average Bonchev–Trinajstić information content (AvgIpc) is 2.41. The molecule has 6 heteroatoms. The fourth-order valence-electron chi connectivity index (χ4n) is 1.52. The number of rotatable bonds is 2. The van der Waals surface area contributed by atoms with E-state index in [1.165, 1.54) is 19.4 Å². The van der Waals surface area contributed by atoms with E-state index in [1.54, 1.807) is 6.07 Å². The molecule has 0 radical (unpaired) electrons. The number of hydrogen-bond donors (Lipinski definition) is 0. The fourth-order valence-corrected chi connectivity index (χ4v) is 2.21. The minimum atomic E-state index is -0.926. The van der Waals surface area contributed by atoms with Crippen molar-refractivity contribution in [2.24, 2.45) is 0 Å². The standard InChI is InChI=1S/C13H8F2INO2/c1-19-13(18)12-11(16)5-8(6-17-12)7-2-3-9(14)10(15)4-7/h2-6H,1H3. The molecule has 0 saturated carbocycles. The maximum atomic E-state index is 13.2. The first kappa shape index (κ1) is 13.9. The van der Waals surface area contributed by atoms with Gasteiger partial charge in [0, 0.05) is 15.3 Å². The number of esters is 1. The van der Waals surface area contributed by atoms with E-state index in [2.05, 4.69) is 9.72 Å². The predicted molar refractivity (Wildman–Crippen MR) is 73.6 cm³/mol. The van der Waals surface area contributed by atoms with Gasteiger partial charge >= 0.3 is 5.97 Å². The summed E-state index contributed by atoms with van der Waals surface area (Å²) in [4.78, 5) is 15.4. The van der Waals surface area contributed by atoms with Gasteiger partial charge in [0.05, 0.1) is 7.11 Å². The van der Waals surface area contributed by atoms with Gasteiger partial charge in [-0.2, -0.15) is 0 Å². The number of benzene rings is 1. The lowest BCUT2D eigenvalue weighted by Gasteiger charge is -2.06. The summed E-state index contributed by atoms with van der Waals surface area (Å²) in [5.41, 5.74) is 1.27. The van der Waals surface area contributed by atoms with Crippen LogP contribution in [0.4, 0.5) is 8.78 Å². The monoisotopic (exact) mass is 375 g/mol. The second-order valence-corrected chi connectivity index (χ2v) is 4.84. The second kappa shape index (κ2) is 5.60. The SMILES string of the molecule is COC(=O)c1ncc(-c2ccc(F)c(F)c2)cc1I. The van der Waals surface area contributed by atoms with Crippen LogP contribution < -0.4 is 0 Å². The Labute approximate surface area is 121 Å². The lowest BCUT2D eigenvalue weighted by atomic mass is 10.1. The molecule has 0 aliphatic carbocycles. The van der Waals surface area contributed by atoms with Crippen molar-refractivity contribution in [3.63, 3.8) is 0 Å². The highest BCUT2D eigenvalue weighted by atomic mass is 127. The van der Waals surface area contributed by atoms with Gasteiger partial charge in [-0.3, -0.25) is 0 Å². The van der Waals surface area contributed by atoms with E-state index in [9.17, 15) is 13.6 Å². The molecule has 2 rings (SSSR count). The summed E-state index contributed by atoms with van der Waals surface area (Å²) in [6.45, 7) is 0. The summed E-state index contributed by atoms with van der Waals surface area (Å²) < 4.78 is 31.2. The van der Waals surface area contributed by atoms with Gasteiger partial charge in [-0.1, -0.05) is 6.07 Å². The maximum absolute atomic E-state index is 13.2. The molecule has 0 amide bonds. The molecule has 0 aliphatic rings. The Balaban J connectivity index is 2.44. The second-order valence-electron chi connectivity index (χ2n) is 3.67. The van der Waals surface area contributed by atoms with Gasteiger partial charge in [0.2, 0.25) is 0 Å². The summed E-state index contributed by atoms with van der Waals surface area (Å²) >= 11 is 1.94. The van der Waals surface area contributed by atoms with Crippen molar-refractivity contribution in [2.75, 3.05) is 7.11 Å². The summed E-state index contributed by atoms with van der Waals surface area (Å²) in [6.07, 6.45) is 1.42. The molecule has 3 nitrogen and oxygen atoms in total. The predicted octanol–water partition coefficient (Wildman–Crippen LogP) is 3.42. The zero-order valence-electron chi connectivity index (χ0n) is 9.78. The van der Waals surface area contributed by atoms with Gasteiger partial charge in [-0.15, -0.1) is 0 Å². The van der Waals surface area contributed by atoms with Crippen molar-refractivity contribution in [1.29, 1.82) is 0 Å². The molecule has 98 valence electrons. The molecule has 0 N–H and O–H groups in total. The number of ether oxygens (including phenoxy) is 1. The van der Waals surface area contributed by atoms with Gasteiger partial charge < -0.3 is 4.74 Å². The third-order valence-electron chi connectivity index (χ3n) is 2.47. The quantitative estimate of drug-likeness (QED) is 0.597. The van der Waals surface area contributed by atoms with Gasteiger partial charge in [0.1, 0.15) is 0 Å². The van der Waals surface area contributed by atoms with Gasteiger partial charge in [0.25, 0.3) is 0 Å².